The van der Waals surface area contributed by atoms with E-state index >= 15 is 0 Å². The zero-order valence-corrected chi connectivity index (χ0v) is 7.89. The Morgan fingerprint density at radius 3 is 2.58 bits per heavy atom. The van der Waals surface area contributed by atoms with E-state index in [1.165, 1.54) is 0 Å². The lowest BCUT2D eigenvalue weighted by Gasteiger charge is -2.23. The van der Waals surface area contributed by atoms with Crippen LogP contribution in [-0.4, -0.2) is 30.0 Å². The molecule has 0 aliphatic rings. The molecule has 12 heavy (non-hydrogen) atoms. The van der Waals surface area contributed by atoms with E-state index in [-0.39, 0.29) is 18.8 Å². The molecule has 0 saturated heterocycles. The largest absolute Gasteiger partial charge is 0.447 e. The third-order valence-electron chi connectivity index (χ3n) is 1.65. The number of carbonyl (C=O) groups excluding carboxylic acids is 1. The lowest BCUT2D eigenvalue weighted by atomic mass is 10.0. The molecule has 0 heterocycles. The van der Waals surface area contributed by atoms with Crippen molar-refractivity contribution < 1.29 is 14.6 Å². The maximum Gasteiger partial charge on any atom is 0.407 e. The molecule has 0 aliphatic carbocycles. The van der Waals surface area contributed by atoms with Crippen LogP contribution in [0.2, 0.25) is 0 Å². The molecule has 0 radical (unpaired) electrons. The Bertz CT molecular complexity index is 145. The number of ether oxygens (including phenoxy) is 1. The van der Waals surface area contributed by atoms with Crippen molar-refractivity contribution in [3.05, 3.63) is 0 Å². The normalized spacial score (nSPS) is 11.0. The van der Waals surface area contributed by atoms with Crippen LogP contribution in [0.4, 0.5) is 4.79 Å². The first-order valence-corrected chi connectivity index (χ1v) is 4.07. The van der Waals surface area contributed by atoms with E-state index in [9.17, 15) is 4.79 Å². The van der Waals surface area contributed by atoms with Gasteiger partial charge >= 0.3 is 6.09 Å². The summed E-state index contributed by atoms with van der Waals surface area (Å²) in [6, 6.07) is 0. The van der Waals surface area contributed by atoms with Crippen LogP contribution in [0.15, 0.2) is 0 Å². The number of hydrogen-bond acceptors (Lipinski definition) is 3. The highest BCUT2D eigenvalue weighted by atomic mass is 16.6. The van der Waals surface area contributed by atoms with Gasteiger partial charge in [0.25, 0.3) is 0 Å². The van der Waals surface area contributed by atoms with Crippen LogP contribution in [0.5, 0.6) is 0 Å². The molecule has 4 heteroatoms. The molecular formula is C8H17NO3. The topological polar surface area (TPSA) is 58.6 Å². The lowest BCUT2D eigenvalue weighted by molar-refractivity contribution is 0.111. The SMILES string of the molecule is CCC(C)(C)NC(=O)OCCO. The Morgan fingerprint density at radius 1 is 1.58 bits per heavy atom. The van der Waals surface area contributed by atoms with E-state index in [2.05, 4.69) is 10.1 Å². The van der Waals surface area contributed by atoms with Gasteiger partial charge in [-0.3, -0.25) is 0 Å². The molecule has 0 aliphatic heterocycles. The monoisotopic (exact) mass is 175 g/mol. The zero-order valence-electron chi connectivity index (χ0n) is 7.89. The highest BCUT2D eigenvalue weighted by Gasteiger charge is 2.17. The van der Waals surface area contributed by atoms with Crippen LogP contribution in [0, 0.1) is 0 Å². The highest BCUT2D eigenvalue weighted by molar-refractivity contribution is 5.68. The fourth-order valence-corrected chi connectivity index (χ4v) is 0.539. The molecule has 0 unspecified atom stereocenters. The van der Waals surface area contributed by atoms with E-state index in [1.54, 1.807) is 0 Å². The number of aliphatic hydroxyl groups excluding tert-OH is 1. The van der Waals surface area contributed by atoms with Gasteiger partial charge in [0.15, 0.2) is 0 Å². The number of alkyl carbamates (subject to hydrolysis) is 1. The van der Waals surface area contributed by atoms with Crippen molar-refractivity contribution in [2.45, 2.75) is 32.7 Å². The van der Waals surface area contributed by atoms with Gasteiger partial charge in [-0.1, -0.05) is 6.92 Å². The Labute approximate surface area is 72.9 Å². The van der Waals surface area contributed by atoms with Crippen LogP contribution in [0.1, 0.15) is 27.2 Å². The van der Waals surface area contributed by atoms with E-state index in [4.69, 9.17) is 5.11 Å². The maximum absolute atomic E-state index is 10.9. The van der Waals surface area contributed by atoms with Gasteiger partial charge in [0.1, 0.15) is 6.61 Å². The van der Waals surface area contributed by atoms with Gasteiger partial charge in [-0.15, -0.1) is 0 Å². The van der Waals surface area contributed by atoms with E-state index in [0.717, 1.165) is 6.42 Å². The predicted octanol–water partition coefficient (Wildman–Crippen LogP) is 0.893. The van der Waals surface area contributed by atoms with Crippen LogP contribution in [0.3, 0.4) is 0 Å². The minimum Gasteiger partial charge on any atom is -0.447 e. The summed E-state index contributed by atoms with van der Waals surface area (Å²) in [5.41, 5.74) is -0.244. The minimum absolute atomic E-state index is 0.0472. The Morgan fingerprint density at radius 2 is 2.17 bits per heavy atom. The van der Waals surface area contributed by atoms with Gasteiger partial charge < -0.3 is 15.2 Å². The molecule has 0 rings (SSSR count). The standard InChI is InChI=1S/C8H17NO3/c1-4-8(2,3)9-7(11)12-6-5-10/h10H,4-6H2,1-3H3,(H,9,11). The molecule has 4 nitrogen and oxygen atoms in total. The van der Waals surface area contributed by atoms with Gasteiger partial charge in [-0.05, 0) is 20.3 Å². The van der Waals surface area contributed by atoms with Crippen LogP contribution < -0.4 is 5.32 Å². The first-order chi connectivity index (χ1) is 5.52. The molecule has 0 saturated carbocycles. The molecule has 0 fully saturated rings. The van der Waals surface area contributed by atoms with Gasteiger partial charge in [0.05, 0.1) is 6.61 Å². The average molecular weight is 175 g/mol. The summed E-state index contributed by atoms with van der Waals surface area (Å²) in [5, 5.41) is 11.0. The second-order valence-corrected chi connectivity index (χ2v) is 3.22. The van der Waals surface area contributed by atoms with Crippen molar-refractivity contribution in [1.29, 1.82) is 0 Å². The summed E-state index contributed by atoms with van der Waals surface area (Å²) in [5.74, 6) is 0. The first-order valence-electron chi connectivity index (χ1n) is 4.07. The van der Waals surface area contributed by atoms with Gasteiger partial charge in [-0.2, -0.15) is 0 Å². The number of nitrogens with one attached hydrogen (secondary N) is 1. The second kappa shape index (κ2) is 4.98. The van der Waals surface area contributed by atoms with Crippen molar-refractivity contribution in [2.75, 3.05) is 13.2 Å². The number of rotatable bonds is 4. The van der Waals surface area contributed by atoms with Gasteiger partial charge in [-0.25, -0.2) is 4.79 Å². The molecule has 1 amide bonds. The summed E-state index contributed by atoms with van der Waals surface area (Å²) in [7, 11) is 0. The quantitative estimate of drug-likeness (QED) is 0.667. The molecule has 0 aromatic heterocycles. The fraction of sp³-hybridized carbons (Fsp3) is 0.875. The molecule has 2 N–H and O–H groups in total. The van der Waals surface area contributed by atoms with Crippen molar-refractivity contribution in [3.8, 4) is 0 Å². The van der Waals surface area contributed by atoms with Crippen molar-refractivity contribution in [3.63, 3.8) is 0 Å². The predicted molar refractivity (Wildman–Crippen MR) is 45.9 cm³/mol. The van der Waals surface area contributed by atoms with Crippen LogP contribution >= 0.6 is 0 Å². The second-order valence-electron chi connectivity index (χ2n) is 3.22. The molecule has 0 aromatic rings. The molecule has 0 atom stereocenters. The summed E-state index contributed by atoms with van der Waals surface area (Å²) < 4.78 is 4.63. The smallest absolute Gasteiger partial charge is 0.407 e. The number of aliphatic hydroxyl groups is 1. The zero-order chi connectivity index (χ0) is 9.61. The van der Waals surface area contributed by atoms with E-state index in [1.807, 2.05) is 20.8 Å². The number of carbonyl (C=O) groups is 1. The third kappa shape index (κ3) is 4.96. The molecule has 72 valence electrons. The van der Waals surface area contributed by atoms with E-state index < -0.39 is 6.09 Å². The lowest BCUT2D eigenvalue weighted by Crippen LogP contribution is -2.43. The van der Waals surface area contributed by atoms with Crippen LogP contribution in [-0.2, 0) is 4.74 Å². The van der Waals surface area contributed by atoms with Crippen LogP contribution in [0.25, 0.3) is 0 Å². The third-order valence-corrected chi connectivity index (χ3v) is 1.65. The summed E-state index contributed by atoms with van der Waals surface area (Å²) in [4.78, 5) is 10.9. The average Bonchev–Trinajstić information content (AvgIpc) is 2.00. The van der Waals surface area contributed by atoms with Gasteiger partial charge in [0, 0.05) is 5.54 Å². The maximum atomic E-state index is 10.9. The van der Waals surface area contributed by atoms with Gasteiger partial charge in [0.2, 0.25) is 0 Å². The summed E-state index contributed by atoms with van der Waals surface area (Å²) >= 11 is 0. The molecular weight excluding hydrogens is 158 g/mol. The minimum atomic E-state index is -0.476. The number of hydrogen-bond donors (Lipinski definition) is 2. The first kappa shape index (κ1) is 11.2. The summed E-state index contributed by atoms with van der Waals surface area (Å²) in [6.07, 6.45) is 0.359. The molecule has 0 spiro atoms. The Balaban J connectivity index is 3.68. The van der Waals surface area contributed by atoms with Crippen molar-refractivity contribution >= 4 is 6.09 Å². The van der Waals surface area contributed by atoms with E-state index in [0.29, 0.717) is 0 Å². The van der Waals surface area contributed by atoms with Crippen molar-refractivity contribution in [1.82, 2.24) is 5.32 Å². The fourth-order valence-electron chi connectivity index (χ4n) is 0.539. The van der Waals surface area contributed by atoms with Crippen molar-refractivity contribution in [2.24, 2.45) is 0 Å². The summed E-state index contributed by atoms with van der Waals surface area (Å²) in [6.45, 7) is 5.71. The Hall–Kier alpha value is -0.770. The highest BCUT2D eigenvalue weighted by Crippen LogP contribution is 2.06. The molecule has 0 bridgehead atoms. The Kier molecular flexibility index (Phi) is 4.66. The molecule has 0 aromatic carbocycles. The number of amides is 1.